The van der Waals surface area contributed by atoms with E-state index in [-0.39, 0.29) is 12.5 Å². The van der Waals surface area contributed by atoms with E-state index in [0.29, 0.717) is 30.5 Å². The fourth-order valence-corrected chi connectivity index (χ4v) is 2.28. The van der Waals surface area contributed by atoms with E-state index in [2.05, 4.69) is 20.6 Å². The van der Waals surface area contributed by atoms with E-state index in [4.69, 9.17) is 0 Å². The summed E-state index contributed by atoms with van der Waals surface area (Å²) in [5, 5.41) is 7.33. The van der Waals surface area contributed by atoms with Crippen LogP contribution in [0.1, 0.15) is 17.6 Å². The number of aromatic nitrogens is 1. The van der Waals surface area contributed by atoms with Crippen LogP contribution in [0.15, 0.2) is 10.4 Å². The molecule has 130 valence electrons. The molecule has 1 heterocycles. The maximum Gasteiger partial charge on any atom is 0.434 e. The van der Waals surface area contributed by atoms with E-state index < -0.39 is 11.9 Å². The monoisotopic (exact) mass is 351 g/mol. The summed E-state index contributed by atoms with van der Waals surface area (Å²) in [6, 6.07) is 0. The molecule has 10 heteroatoms. The Hall–Kier alpha value is -1.84. The van der Waals surface area contributed by atoms with E-state index in [1.165, 1.54) is 4.90 Å². The van der Waals surface area contributed by atoms with Gasteiger partial charge in [-0.2, -0.15) is 13.2 Å². The predicted molar refractivity (Wildman–Crippen MR) is 83.5 cm³/mol. The number of rotatable bonds is 6. The summed E-state index contributed by atoms with van der Waals surface area (Å²) < 4.78 is 37.4. The van der Waals surface area contributed by atoms with Crippen LogP contribution in [0, 0.1) is 0 Å². The first-order valence-corrected chi connectivity index (χ1v) is 7.86. The van der Waals surface area contributed by atoms with Crippen LogP contribution in [0.2, 0.25) is 0 Å². The molecule has 6 nitrogen and oxygen atoms in total. The summed E-state index contributed by atoms with van der Waals surface area (Å²) in [6.07, 6.45) is -4.07. The maximum atomic E-state index is 12.5. The lowest BCUT2D eigenvalue weighted by Gasteiger charge is -2.12. The minimum atomic E-state index is -4.41. The van der Waals surface area contributed by atoms with Gasteiger partial charge in [0.25, 0.3) is 0 Å². The fraction of sp³-hybridized carbons (Fsp3) is 0.615. The molecule has 0 aliphatic carbocycles. The van der Waals surface area contributed by atoms with Gasteiger partial charge >= 0.3 is 6.18 Å². The Morgan fingerprint density at radius 1 is 1.39 bits per heavy atom. The van der Waals surface area contributed by atoms with Crippen LogP contribution in [0.5, 0.6) is 0 Å². The number of nitrogens with zero attached hydrogens (tertiary/aromatic N) is 3. The van der Waals surface area contributed by atoms with Crippen molar-refractivity contribution in [2.45, 2.75) is 19.5 Å². The zero-order chi connectivity index (χ0) is 17.5. The average molecular weight is 351 g/mol. The maximum absolute atomic E-state index is 12.5. The van der Waals surface area contributed by atoms with E-state index in [0.717, 1.165) is 16.7 Å². The Balaban J connectivity index is 2.51. The molecule has 0 unspecified atom stereocenters. The number of hydrogen-bond acceptors (Lipinski definition) is 4. The first-order chi connectivity index (χ1) is 10.7. The van der Waals surface area contributed by atoms with Gasteiger partial charge in [-0.1, -0.05) is 0 Å². The number of nitrogens with one attached hydrogen (secondary N) is 2. The molecule has 1 aromatic rings. The second-order valence-electron chi connectivity index (χ2n) is 4.78. The van der Waals surface area contributed by atoms with Crippen molar-refractivity contribution >= 4 is 23.2 Å². The lowest BCUT2D eigenvalue weighted by atomic mass is 10.4. The molecule has 0 aliphatic heterocycles. The fourth-order valence-electron chi connectivity index (χ4n) is 1.47. The molecule has 1 rings (SSSR count). The SMILES string of the molecule is CCNC(=NCC(=O)N(C)C)NCCc1nc(C(F)(F)F)cs1. The predicted octanol–water partition coefficient (Wildman–Crippen LogP) is 1.35. The van der Waals surface area contributed by atoms with Crippen LogP contribution in [0.4, 0.5) is 13.2 Å². The van der Waals surface area contributed by atoms with E-state index >= 15 is 0 Å². The molecule has 0 spiro atoms. The van der Waals surface area contributed by atoms with Gasteiger partial charge in [-0.3, -0.25) is 4.79 Å². The van der Waals surface area contributed by atoms with Gasteiger partial charge in [-0.05, 0) is 6.92 Å². The topological polar surface area (TPSA) is 69.6 Å². The van der Waals surface area contributed by atoms with Gasteiger partial charge in [0.1, 0.15) is 6.54 Å². The van der Waals surface area contributed by atoms with E-state index in [1.807, 2.05) is 6.92 Å². The van der Waals surface area contributed by atoms with Gasteiger partial charge in [0.15, 0.2) is 11.7 Å². The quantitative estimate of drug-likeness (QED) is 0.600. The van der Waals surface area contributed by atoms with Gasteiger partial charge in [0, 0.05) is 39.0 Å². The van der Waals surface area contributed by atoms with Crippen LogP contribution in [-0.4, -0.2) is 55.5 Å². The Morgan fingerprint density at radius 3 is 2.61 bits per heavy atom. The number of carbonyl (C=O) groups excluding carboxylic acids is 1. The van der Waals surface area contributed by atoms with Crippen LogP contribution >= 0.6 is 11.3 Å². The molecular formula is C13H20F3N5OS. The Morgan fingerprint density at radius 2 is 2.09 bits per heavy atom. The third kappa shape index (κ3) is 6.85. The van der Waals surface area contributed by atoms with E-state index in [9.17, 15) is 18.0 Å². The summed E-state index contributed by atoms with van der Waals surface area (Å²) in [4.78, 5) is 20.6. The van der Waals surface area contributed by atoms with Crippen molar-refractivity contribution in [1.82, 2.24) is 20.5 Å². The minimum absolute atomic E-state index is 0.00218. The number of carbonyl (C=O) groups is 1. The summed E-state index contributed by atoms with van der Waals surface area (Å²) in [5.41, 5.74) is -0.866. The third-order valence-corrected chi connectivity index (χ3v) is 3.60. The lowest BCUT2D eigenvalue weighted by molar-refractivity contribution is -0.140. The summed E-state index contributed by atoms with van der Waals surface area (Å²) in [5.74, 6) is 0.298. The van der Waals surface area contributed by atoms with Gasteiger partial charge in [0.2, 0.25) is 5.91 Å². The molecule has 0 atom stereocenters. The minimum Gasteiger partial charge on any atom is -0.357 e. The van der Waals surface area contributed by atoms with Crippen molar-refractivity contribution in [3.8, 4) is 0 Å². The van der Waals surface area contributed by atoms with Crippen molar-refractivity contribution in [3.63, 3.8) is 0 Å². The molecule has 2 N–H and O–H groups in total. The highest BCUT2D eigenvalue weighted by Crippen LogP contribution is 2.29. The molecule has 0 saturated carbocycles. The van der Waals surface area contributed by atoms with Crippen molar-refractivity contribution in [2.24, 2.45) is 4.99 Å². The number of amides is 1. The first-order valence-electron chi connectivity index (χ1n) is 6.98. The van der Waals surface area contributed by atoms with Crippen LogP contribution in [-0.2, 0) is 17.4 Å². The summed E-state index contributed by atoms with van der Waals surface area (Å²) in [6.45, 7) is 2.85. The zero-order valence-electron chi connectivity index (χ0n) is 13.2. The highest BCUT2D eigenvalue weighted by Gasteiger charge is 2.33. The molecule has 23 heavy (non-hydrogen) atoms. The molecule has 0 fully saturated rings. The Labute approximate surface area is 136 Å². The smallest absolute Gasteiger partial charge is 0.357 e. The zero-order valence-corrected chi connectivity index (χ0v) is 14.0. The summed E-state index contributed by atoms with van der Waals surface area (Å²) in [7, 11) is 3.28. The molecular weight excluding hydrogens is 331 g/mol. The molecule has 0 aromatic carbocycles. The molecule has 0 radical (unpaired) electrons. The molecule has 1 amide bonds. The Bertz CT molecular complexity index is 542. The lowest BCUT2D eigenvalue weighted by Crippen LogP contribution is -2.39. The number of guanidine groups is 1. The summed E-state index contributed by atoms with van der Waals surface area (Å²) >= 11 is 0.971. The van der Waals surface area contributed by atoms with Gasteiger partial charge in [-0.15, -0.1) is 11.3 Å². The highest BCUT2D eigenvalue weighted by molar-refractivity contribution is 7.09. The number of thiazole rings is 1. The van der Waals surface area contributed by atoms with Crippen molar-refractivity contribution in [1.29, 1.82) is 0 Å². The third-order valence-electron chi connectivity index (χ3n) is 2.69. The standard InChI is InChI=1S/C13H20F3N5OS/c1-4-17-12(19-7-11(22)21(2)3)18-6-5-10-20-9(8-23-10)13(14,15)16/h8H,4-7H2,1-3H3,(H2,17,18,19). The van der Waals surface area contributed by atoms with Crippen molar-refractivity contribution in [3.05, 3.63) is 16.1 Å². The van der Waals surface area contributed by atoms with Crippen molar-refractivity contribution < 1.29 is 18.0 Å². The number of aliphatic imine (C=N–C) groups is 1. The number of halogens is 3. The molecule has 1 aromatic heterocycles. The normalized spacial score (nSPS) is 12.2. The molecule has 0 saturated heterocycles. The Kier molecular flexibility index (Phi) is 7.27. The number of hydrogen-bond donors (Lipinski definition) is 2. The molecule has 0 bridgehead atoms. The average Bonchev–Trinajstić information content (AvgIpc) is 2.93. The van der Waals surface area contributed by atoms with Gasteiger partial charge in [0.05, 0.1) is 5.01 Å². The van der Waals surface area contributed by atoms with Gasteiger partial charge < -0.3 is 15.5 Å². The second kappa shape index (κ2) is 8.70. The van der Waals surface area contributed by atoms with Gasteiger partial charge in [-0.25, -0.2) is 9.98 Å². The van der Waals surface area contributed by atoms with Crippen LogP contribution < -0.4 is 10.6 Å². The van der Waals surface area contributed by atoms with Crippen LogP contribution in [0.3, 0.4) is 0 Å². The number of alkyl halides is 3. The second-order valence-corrected chi connectivity index (χ2v) is 5.73. The molecule has 0 aliphatic rings. The highest BCUT2D eigenvalue weighted by atomic mass is 32.1. The van der Waals surface area contributed by atoms with Crippen LogP contribution in [0.25, 0.3) is 0 Å². The largest absolute Gasteiger partial charge is 0.434 e. The number of likely N-dealkylation sites (N-methyl/N-ethyl adjacent to an activating group) is 1. The first kappa shape index (κ1) is 19.2. The van der Waals surface area contributed by atoms with E-state index in [1.54, 1.807) is 14.1 Å². The van der Waals surface area contributed by atoms with Crippen molar-refractivity contribution in [2.75, 3.05) is 33.7 Å².